The van der Waals surface area contributed by atoms with E-state index in [9.17, 15) is 9.59 Å². The van der Waals surface area contributed by atoms with Crippen molar-refractivity contribution in [3.05, 3.63) is 18.6 Å². The first-order valence-corrected chi connectivity index (χ1v) is 10.4. The van der Waals surface area contributed by atoms with Crippen LogP contribution in [0.1, 0.15) is 19.3 Å². The van der Waals surface area contributed by atoms with Crippen LogP contribution in [0.4, 0.5) is 9.93 Å². The molecule has 158 valence electrons. The summed E-state index contributed by atoms with van der Waals surface area (Å²) in [7, 11) is 3.37. The van der Waals surface area contributed by atoms with E-state index in [2.05, 4.69) is 20.4 Å². The molecular formula is C19H22N6O4S. The number of carbonyl (C=O) groups excluding carboxylic acids is 1. The average molecular weight is 430 g/mol. The highest BCUT2D eigenvalue weighted by atomic mass is 32.1. The molecule has 2 N–H and O–H groups in total. The number of methoxy groups -OCH3 is 1. The number of nitrogens with one attached hydrogen (secondary N) is 1. The topological polar surface area (TPSA) is 122 Å². The Balaban J connectivity index is 1.58. The number of urea groups is 1. The molecule has 4 heterocycles. The Morgan fingerprint density at radius 2 is 2.23 bits per heavy atom. The van der Waals surface area contributed by atoms with Crippen molar-refractivity contribution < 1.29 is 19.4 Å². The molecule has 0 radical (unpaired) electrons. The maximum atomic E-state index is 12.8. The Labute approximate surface area is 176 Å². The van der Waals surface area contributed by atoms with Gasteiger partial charge in [-0.05, 0) is 18.8 Å². The number of hydrogen-bond donors (Lipinski definition) is 2. The monoisotopic (exact) mass is 430 g/mol. The highest BCUT2D eigenvalue weighted by Gasteiger charge is 2.26. The number of hydrogen-bond acceptors (Lipinski definition) is 7. The number of anilines is 1. The number of piperidine rings is 1. The van der Waals surface area contributed by atoms with Crippen molar-refractivity contribution in [1.82, 2.24) is 24.6 Å². The van der Waals surface area contributed by atoms with E-state index >= 15 is 0 Å². The summed E-state index contributed by atoms with van der Waals surface area (Å²) in [5.74, 6) is -0.483. The van der Waals surface area contributed by atoms with Crippen molar-refractivity contribution >= 4 is 38.7 Å². The fourth-order valence-corrected chi connectivity index (χ4v) is 4.67. The lowest BCUT2D eigenvalue weighted by Crippen LogP contribution is -2.42. The molecule has 1 aliphatic heterocycles. The molecule has 1 unspecified atom stereocenters. The Hall–Kier alpha value is -3.21. The van der Waals surface area contributed by atoms with Gasteiger partial charge in [0.15, 0.2) is 5.13 Å². The second-order valence-electron chi connectivity index (χ2n) is 7.26. The first kappa shape index (κ1) is 20.1. The summed E-state index contributed by atoms with van der Waals surface area (Å²) in [5.41, 5.74) is 2.32. The highest BCUT2D eigenvalue weighted by molar-refractivity contribution is 7.23. The number of carboxylic acids is 1. The van der Waals surface area contributed by atoms with E-state index < -0.39 is 5.97 Å². The lowest BCUT2D eigenvalue weighted by molar-refractivity contribution is -0.138. The quantitative estimate of drug-likeness (QED) is 0.638. The van der Waals surface area contributed by atoms with Gasteiger partial charge < -0.3 is 14.7 Å². The molecule has 10 nitrogen and oxygen atoms in total. The zero-order valence-electron chi connectivity index (χ0n) is 16.7. The number of ether oxygens (including phenoxy) is 1. The Morgan fingerprint density at radius 1 is 1.40 bits per heavy atom. The summed E-state index contributed by atoms with van der Waals surface area (Å²) in [4.78, 5) is 34.3. The van der Waals surface area contributed by atoms with Gasteiger partial charge in [-0.15, -0.1) is 0 Å². The van der Waals surface area contributed by atoms with Crippen LogP contribution in [-0.4, -0.2) is 62.0 Å². The predicted octanol–water partition coefficient (Wildman–Crippen LogP) is 2.82. The first-order chi connectivity index (χ1) is 14.4. The molecule has 30 heavy (non-hydrogen) atoms. The number of aliphatic carboxylic acids is 1. The van der Waals surface area contributed by atoms with Crippen LogP contribution in [0.25, 0.3) is 21.3 Å². The molecule has 1 aliphatic rings. The number of likely N-dealkylation sites (tertiary alicyclic amines) is 1. The van der Waals surface area contributed by atoms with Crippen molar-refractivity contribution in [3.63, 3.8) is 0 Å². The van der Waals surface area contributed by atoms with Gasteiger partial charge in [-0.3, -0.25) is 14.8 Å². The molecule has 0 saturated carbocycles. The third-order valence-corrected chi connectivity index (χ3v) is 6.08. The van der Waals surface area contributed by atoms with Gasteiger partial charge in [0.05, 0.1) is 18.0 Å². The third kappa shape index (κ3) is 4.06. The minimum atomic E-state index is -0.837. The minimum absolute atomic E-state index is 0.0288. The number of pyridine rings is 1. The van der Waals surface area contributed by atoms with Crippen molar-refractivity contribution in [2.75, 3.05) is 25.5 Å². The Bertz CT molecular complexity index is 1090. The van der Waals surface area contributed by atoms with Gasteiger partial charge in [-0.2, -0.15) is 5.10 Å². The van der Waals surface area contributed by atoms with E-state index in [0.29, 0.717) is 29.6 Å². The van der Waals surface area contributed by atoms with E-state index in [-0.39, 0.29) is 18.4 Å². The lowest BCUT2D eigenvalue weighted by atomic mass is 9.95. The molecule has 2 amide bonds. The zero-order valence-corrected chi connectivity index (χ0v) is 17.5. The van der Waals surface area contributed by atoms with Crippen LogP contribution in [0.5, 0.6) is 5.88 Å². The number of rotatable bonds is 5. The van der Waals surface area contributed by atoms with Crippen molar-refractivity contribution in [2.45, 2.75) is 19.3 Å². The highest BCUT2D eigenvalue weighted by Crippen LogP contribution is 2.38. The summed E-state index contributed by atoms with van der Waals surface area (Å²) in [6, 6.07) is -0.279. The van der Waals surface area contributed by atoms with Crippen LogP contribution < -0.4 is 10.1 Å². The fourth-order valence-electron chi connectivity index (χ4n) is 3.69. The molecule has 1 fully saturated rings. The lowest BCUT2D eigenvalue weighted by Gasteiger charge is -2.31. The summed E-state index contributed by atoms with van der Waals surface area (Å²) in [6.07, 6.45) is 7.02. The number of carbonyl (C=O) groups is 2. The molecule has 0 aliphatic carbocycles. The predicted molar refractivity (Wildman–Crippen MR) is 112 cm³/mol. The summed E-state index contributed by atoms with van der Waals surface area (Å²) in [5, 5.41) is 16.5. The second kappa shape index (κ2) is 8.27. The van der Waals surface area contributed by atoms with Crippen LogP contribution in [0.3, 0.4) is 0 Å². The number of thiazole rings is 1. The van der Waals surface area contributed by atoms with Gasteiger partial charge >= 0.3 is 12.0 Å². The molecule has 11 heteroatoms. The Kier molecular flexibility index (Phi) is 5.53. The average Bonchev–Trinajstić information content (AvgIpc) is 3.33. The molecule has 0 aromatic carbocycles. The summed E-state index contributed by atoms with van der Waals surface area (Å²) in [6.45, 7) is 1.02. The molecule has 3 aromatic heterocycles. The fraction of sp³-hybridized carbons (Fsp3) is 0.421. The molecule has 4 rings (SSSR count). The largest absolute Gasteiger partial charge is 0.481 e. The van der Waals surface area contributed by atoms with Gasteiger partial charge in [0.25, 0.3) is 0 Å². The smallest absolute Gasteiger partial charge is 0.323 e. The molecule has 0 bridgehead atoms. The maximum absolute atomic E-state index is 12.8. The SMILES string of the molecule is COc1ncc(-c2cnn(C)c2)c2sc(NC(=O)N3CCCC(CC(=O)O)C3)nc12. The molecular weight excluding hydrogens is 408 g/mol. The standard InChI is InChI=1S/C19H22N6O4S/c1-24-10-12(7-21-24)13-8-20-17(29-2)15-16(13)30-18(22-15)23-19(28)25-5-3-4-11(9-25)6-14(26)27/h7-8,10-11H,3-6,9H2,1-2H3,(H,26,27)(H,22,23,28). The first-order valence-electron chi connectivity index (χ1n) is 9.55. The molecule has 0 spiro atoms. The van der Waals surface area contributed by atoms with Crippen molar-refractivity contribution in [2.24, 2.45) is 13.0 Å². The molecule has 1 atom stereocenters. The van der Waals surface area contributed by atoms with Crippen LogP contribution >= 0.6 is 11.3 Å². The maximum Gasteiger partial charge on any atom is 0.323 e. The molecule has 1 saturated heterocycles. The molecule has 3 aromatic rings. The van der Waals surface area contributed by atoms with Crippen LogP contribution in [0.2, 0.25) is 0 Å². The van der Waals surface area contributed by atoms with Gasteiger partial charge in [0.2, 0.25) is 5.88 Å². The van der Waals surface area contributed by atoms with Gasteiger partial charge in [0.1, 0.15) is 5.52 Å². The number of fused-ring (bicyclic) bond motifs is 1. The van der Waals surface area contributed by atoms with E-state index in [0.717, 1.165) is 28.7 Å². The van der Waals surface area contributed by atoms with Crippen LogP contribution in [-0.2, 0) is 11.8 Å². The number of amides is 2. The van der Waals surface area contributed by atoms with Crippen molar-refractivity contribution in [3.8, 4) is 17.0 Å². The number of aromatic nitrogens is 4. The van der Waals surface area contributed by atoms with Gasteiger partial charge in [0, 0.05) is 50.1 Å². The van der Waals surface area contributed by atoms with E-state index in [1.807, 2.05) is 13.2 Å². The zero-order chi connectivity index (χ0) is 21.3. The summed E-state index contributed by atoms with van der Waals surface area (Å²) < 4.78 is 7.89. The third-order valence-electron chi connectivity index (χ3n) is 5.08. The van der Waals surface area contributed by atoms with Crippen molar-refractivity contribution in [1.29, 1.82) is 0 Å². The van der Waals surface area contributed by atoms with Crippen LogP contribution in [0.15, 0.2) is 18.6 Å². The van der Waals surface area contributed by atoms with Crippen LogP contribution in [0, 0.1) is 5.92 Å². The normalized spacial score (nSPS) is 16.6. The van der Waals surface area contributed by atoms with E-state index in [1.54, 1.807) is 22.0 Å². The van der Waals surface area contributed by atoms with Gasteiger partial charge in [-0.1, -0.05) is 11.3 Å². The van der Waals surface area contributed by atoms with E-state index in [4.69, 9.17) is 9.84 Å². The second-order valence-corrected chi connectivity index (χ2v) is 8.26. The summed E-state index contributed by atoms with van der Waals surface area (Å²) >= 11 is 1.34. The van der Waals surface area contributed by atoms with E-state index in [1.165, 1.54) is 18.4 Å². The number of carboxylic acid groups (broad SMARTS) is 1. The number of aryl methyl sites for hydroxylation is 1. The minimum Gasteiger partial charge on any atom is -0.481 e. The van der Waals surface area contributed by atoms with Gasteiger partial charge in [-0.25, -0.2) is 14.8 Å². The Morgan fingerprint density at radius 3 is 2.93 bits per heavy atom. The number of nitrogens with zero attached hydrogens (tertiary/aromatic N) is 5.